The van der Waals surface area contributed by atoms with E-state index in [1.165, 1.54) is 27.8 Å². The number of anilines is 1. The van der Waals surface area contributed by atoms with Crippen molar-refractivity contribution in [2.45, 2.75) is 19.4 Å². The Morgan fingerprint density at radius 1 is 1.19 bits per heavy atom. The van der Waals surface area contributed by atoms with E-state index in [0.717, 1.165) is 6.07 Å². The van der Waals surface area contributed by atoms with Crippen molar-refractivity contribution in [2.24, 2.45) is 0 Å². The predicted molar refractivity (Wildman–Crippen MR) is 72.3 cm³/mol. The molecule has 5 nitrogen and oxygen atoms in total. The average molecular weight is 324 g/mol. The van der Waals surface area contributed by atoms with Gasteiger partial charge in [-0.3, -0.25) is 9.52 Å². The normalized spacial score (nSPS) is 12.0. The topological polar surface area (TPSA) is 66.5 Å². The number of hydrogen-bond acceptors (Lipinski definition) is 3. The molecule has 0 heterocycles. The SMILES string of the molecule is CCN(CC)C(=O)c1ccccc1NS(=O)(=O)C(F)(F)F. The van der Waals surface area contributed by atoms with Crippen LogP contribution in [0.5, 0.6) is 0 Å². The molecule has 118 valence electrons. The number of carbonyl (C=O) groups is 1. The maximum atomic E-state index is 12.4. The van der Waals surface area contributed by atoms with Crippen LogP contribution in [0.2, 0.25) is 0 Å². The van der Waals surface area contributed by atoms with Crippen LogP contribution >= 0.6 is 0 Å². The van der Waals surface area contributed by atoms with Crippen molar-refractivity contribution in [3.63, 3.8) is 0 Å². The van der Waals surface area contributed by atoms with Crippen LogP contribution < -0.4 is 4.72 Å². The lowest BCUT2D eigenvalue weighted by Gasteiger charge is -2.21. The number of nitrogens with zero attached hydrogens (tertiary/aromatic N) is 1. The van der Waals surface area contributed by atoms with Crippen LogP contribution in [0.1, 0.15) is 24.2 Å². The smallest absolute Gasteiger partial charge is 0.339 e. The number of alkyl halides is 3. The van der Waals surface area contributed by atoms with Gasteiger partial charge in [0.2, 0.25) is 0 Å². The summed E-state index contributed by atoms with van der Waals surface area (Å²) in [6.07, 6.45) is 0. The van der Waals surface area contributed by atoms with Gasteiger partial charge < -0.3 is 4.90 Å². The number of nitrogens with one attached hydrogen (secondary N) is 1. The van der Waals surface area contributed by atoms with Crippen LogP contribution in [0.15, 0.2) is 24.3 Å². The third kappa shape index (κ3) is 3.87. The highest BCUT2D eigenvalue weighted by molar-refractivity contribution is 7.93. The van der Waals surface area contributed by atoms with E-state index >= 15 is 0 Å². The molecule has 1 N–H and O–H groups in total. The van der Waals surface area contributed by atoms with Gasteiger partial charge in [-0.05, 0) is 26.0 Å². The summed E-state index contributed by atoms with van der Waals surface area (Å²) in [4.78, 5) is 13.5. The Morgan fingerprint density at radius 3 is 2.19 bits per heavy atom. The second-order valence-corrected chi connectivity index (χ2v) is 5.75. The summed E-state index contributed by atoms with van der Waals surface area (Å²) in [7, 11) is -5.57. The molecule has 0 aromatic heterocycles. The summed E-state index contributed by atoms with van der Waals surface area (Å²) in [5, 5.41) is 0. The monoisotopic (exact) mass is 324 g/mol. The number of rotatable bonds is 5. The summed E-state index contributed by atoms with van der Waals surface area (Å²) in [6.45, 7) is 4.14. The minimum absolute atomic E-state index is 0.131. The van der Waals surface area contributed by atoms with E-state index in [4.69, 9.17) is 0 Å². The van der Waals surface area contributed by atoms with Gasteiger partial charge >= 0.3 is 15.5 Å². The molecule has 1 amide bonds. The van der Waals surface area contributed by atoms with E-state index in [-0.39, 0.29) is 5.56 Å². The van der Waals surface area contributed by atoms with Crippen LogP contribution in [0.3, 0.4) is 0 Å². The molecule has 0 spiro atoms. The first kappa shape index (κ1) is 17.3. The van der Waals surface area contributed by atoms with E-state index in [1.807, 2.05) is 0 Å². The second kappa shape index (κ2) is 6.33. The third-order valence-corrected chi connectivity index (χ3v) is 3.86. The summed E-state index contributed by atoms with van der Waals surface area (Å²) in [6, 6.07) is 5.17. The molecule has 1 aromatic rings. The Bertz CT molecular complexity index is 610. The summed E-state index contributed by atoms with van der Waals surface area (Å²) in [5.41, 5.74) is -5.97. The van der Waals surface area contributed by atoms with Gasteiger partial charge in [0, 0.05) is 13.1 Å². The predicted octanol–water partition coefficient (Wildman–Crippen LogP) is 2.43. The fourth-order valence-corrected chi connectivity index (χ4v) is 2.23. The molecular weight excluding hydrogens is 309 g/mol. The standard InChI is InChI=1S/C12H15F3N2O3S/c1-3-17(4-2)11(18)9-7-5-6-8-10(9)16-21(19,20)12(13,14)15/h5-8,16H,3-4H2,1-2H3. The molecule has 9 heteroatoms. The number of para-hydroxylation sites is 1. The largest absolute Gasteiger partial charge is 0.516 e. The average Bonchev–Trinajstić information content (AvgIpc) is 2.38. The van der Waals surface area contributed by atoms with E-state index in [2.05, 4.69) is 0 Å². The zero-order chi connectivity index (χ0) is 16.3. The van der Waals surface area contributed by atoms with Crippen molar-refractivity contribution in [1.29, 1.82) is 0 Å². The van der Waals surface area contributed by atoms with Crippen LogP contribution in [-0.4, -0.2) is 37.8 Å². The molecule has 0 saturated heterocycles. The zero-order valence-corrected chi connectivity index (χ0v) is 12.3. The van der Waals surface area contributed by atoms with Crippen molar-refractivity contribution in [1.82, 2.24) is 4.90 Å². The highest BCUT2D eigenvalue weighted by Gasteiger charge is 2.46. The van der Waals surface area contributed by atoms with Gasteiger partial charge in [-0.1, -0.05) is 12.1 Å². The first-order valence-electron chi connectivity index (χ1n) is 6.11. The van der Waals surface area contributed by atoms with Gasteiger partial charge in [0.05, 0.1) is 11.3 Å². The van der Waals surface area contributed by atoms with E-state index in [1.54, 1.807) is 13.8 Å². The summed E-state index contributed by atoms with van der Waals surface area (Å²) >= 11 is 0. The molecule has 21 heavy (non-hydrogen) atoms. The first-order chi connectivity index (χ1) is 9.64. The molecule has 0 bridgehead atoms. The highest BCUT2D eigenvalue weighted by atomic mass is 32.2. The number of benzene rings is 1. The van der Waals surface area contributed by atoms with Gasteiger partial charge in [0.25, 0.3) is 5.91 Å². The molecule has 0 unspecified atom stereocenters. The molecule has 0 radical (unpaired) electrons. The molecular formula is C12H15F3N2O3S. The molecule has 0 aliphatic carbocycles. The minimum atomic E-state index is -5.57. The number of sulfonamides is 1. The maximum Gasteiger partial charge on any atom is 0.516 e. The van der Waals surface area contributed by atoms with Crippen molar-refractivity contribution in [3.05, 3.63) is 29.8 Å². The van der Waals surface area contributed by atoms with Gasteiger partial charge in [0.1, 0.15) is 0 Å². The third-order valence-electron chi connectivity index (χ3n) is 2.76. The van der Waals surface area contributed by atoms with E-state index in [0.29, 0.717) is 13.1 Å². The van der Waals surface area contributed by atoms with Crippen molar-refractivity contribution in [3.8, 4) is 0 Å². The number of amides is 1. The van der Waals surface area contributed by atoms with Crippen molar-refractivity contribution >= 4 is 21.6 Å². The molecule has 0 atom stereocenters. The number of carbonyl (C=O) groups excluding carboxylic acids is 1. The molecule has 0 fully saturated rings. The Labute approximate surface area is 120 Å². The first-order valence-corrected chi connectivity index (χ1v) is 7.59. The maximum absolute atomic E-state index is 12.4. The molecule has 0 aliphatic rings. The fourth-order valence-electron chi connectivity index (χ4n) is 1.64. The Kier molecular flexibility index (Phi) is 5.21. The van der Waals surface area contributed by atoms with Crippen LogP contribution in [0.25, 0.3) is 0 Å². The number of halogens is 3. The van der Waals surface area contributed by atoms with Gasteiger partial charge in [-0.25, -0.2) is 0 Å². The summed E-state index contributed by atoms with van der Waals surface area (Å²) in [5.74, 6) is -0.541. The molecule has 0 saturated carbocycles. The van der Waals surface area contributed by atoms with Gasteiger partial charge in [-0.2, -0.15) is 21.6 Å². The Hall–Kier alpha value is -1.77. The number of hydrogen-bond donors (Lipinski definition) is 1. The van der Waals surface area contributed by atoms with Gasteiger partial charge in [0.15, 0.2) is 0 Å². The zero-order valence-electron chi connectivity index (χ0n) is 11.4. The highest BCUT2D eigenvalue weighted by Crippen LogP contribution is 2.27. The van der Waals surface area contributed by atoms with Crippen LogP contribution in [-0.2, 0) is 10.0 Å². The summed E-state index contributed by atoms with van der Waals surface area (Å²) < 4.78 is 60.9. The molecule has 1 aromatic carbocycles. The lowest BCUT2D eigenvalue weighted by molar-refractivity contribution is -0.0429. The van der Waals surface area contributed by atoms with E-state index < -0.39 is 27.1 Å². The van der Waals surface area contributed by atoms with Crippen molar-refractivity contribution < 1.29 is 26.4 Å². The fraction of sp³-hybridized carbons (Fsp3) is 0.417. The second-order valence-electron chi connectivity index (χ2n) is 4.07. The Balaban J connectivity index is 3.20. The van der Waals surface area contributed by atoms with Crippen molar-refractivity contribution in [2.75, 3.05) is 17.8 Å². The van der Waals surface area contributed by atoms with Gasteiger partial charge in [-0.15, -0.1) is 0 Å². The lowest BCUT2D eigenvalue weighted by atomic mass is 10.1. The van der Waals surface area contributed by atoms with E-state index in [9.17, 15) is 26.4 Å². The van der Waals surface area contributed by atoms with Crippen LogP contribution in [0.4, 0.5) is 18.9 Å². The van der Waals surface area contributed by atoms with Crippen LogP contribution in [0, 0.1) is 0 Å². The molecule has 1 rings (SSSR count). The Morgan fingerprint density at radius 2 is 1.71 bits per heavy atom. The lowest BCUT2D eigenvalue weighted by Crippen LogP contribution is -2.33. The minimum Gasteiger partial charge on any atom is -0.339 e. The molecule has 0 aliphatic heterocycles. The quantitative estimate of drug-likeness (QED) is 0.904.